The summed E-state index contributed by atoms with van der Waals surface area (Å²) in [5, 5.41) is 1.29. The molecular weight excluding hydrogens is 272 g/mol. The molecule has 1 N–H and O–H groups in total. The average Bonchev–Trinajstić information content (AvgIpc) is 2.92. The minimum atomic E-state index is 0.193. The fourth-order valence-corrected chi connectivity index (χ4v) is 3.79. The number of carbonyl (C=O) groups is 1. The highest BCUT2D eigenvalue weighted by atomic mass is 16.2. The van der Waals surface area contributed by atoms with Gasteiger partial charge in [-0.25, -0.2) is 0 Å². The molecule has 0 bridgehead atoms. The van der Waals surface area contributed by atoms with Gasteiger partial charge >= 0.3 is 0 Å². The van der Waals surface area contributed by atoms with Gasteiger partial charge in [0, 0.05) is 47.6 Å². The van der Waals surface area contributed by atoms with E-state index in [0.29, 0.717) is 5.91 Å². The summed E-state index contributed by atoms with van der Waals surface area (Å²) in [5.74, 6) is 0.537. The van der Waals surface area contributed by atoms with Crippen molar-refractivity contribution in [3.8, 4) is 0 Å². The molecule has 0 fully saturated rings. The first-order valence-corrected chi connectivity index (χ1v) is 8.26. The first kappa shape index (κ1) is 13.6. The van der Waals surface area contributed by atoms with E-state index in [-0.39, 0.29) is 5.92 Å². The van der Waals surface area contributed by atoms with E-state index < -0.39 is 0 Å². The van der Waals surface area contributed by atoms with Crippen LogP contribution in [-0.4, -0.2) is 22.3 Å². The van der Waals surface area contributed by atoms with Crippen molar-refractivity contribution in [3.05, 3.63) is 47.2 Å². The fraction of sp³-hybridized carbons (Fsp3) is 0.421. The number of hydrogen-bond acceptors (Lipinski definition) is 1. The van der Waals surface area contributed by atoms with Gasteiger partial charge in [0.25, 0.3) is 0 Å². The maximum atomic E-state index is 12.8. The number of allylic oxidation sites excluding steroid dienone is 2. The fourth-order valence-electron chi connectivity index (χ4n) is 3.79. The Morgan fingerprint density at radius 3 is 3.05 bits per heavy atom. The topological polar surface area (TPSA) is 36.1 Å². The Kier molecular flexibility index (Phi) is 3.29. The molecule has 1 aliphatic carbocycles. The van der Waals surface area contributed by atoms with Crippen LogP contribution in [0.4, 0.5) is 0 Å². The van der Waals surface area contributed by atoms with Gasteiger partial charge in [0.15, 0.2) is 0 Å². The number of nitrogens with one attached hydrogen (secondary N) is 1. The number of carbonyl (C=O) groups excluding carboxylic acids is 1. The zero-order valence-electron chi connectivity index (χ0n) is 13.1. The normalized spacial score (nSPS) is 21.1. The molecule has 1 amide bonds. The molecule has 3 nitrogen and oxygen atoms in total. The van der Waals surface area contributed by atoms with Crippen LogP contribution < -0.4 is 0 Å². The minimum Gasteiger partial charge on any atom is -0.358 e. The SMILES string of the molecule is Cc1ccc2[nH]c3c(c2c1)CN(C(=O)[C@H]1CC=CCC1)CC3. The molecule has 2 aromatic rings. The molecule has 1 aliphatic heterocycles. The van der Waals surface area contributed by atoms with Crippen LogP contribution in [0.2, 0.25) is 0 Å². The van der Waals surface area contributed by atoms with Crippen molar-refractivity contribution in [1.29, 1.82) is 0 Å². The molecule has 0 saturated carbocycles. The summed E-state index contributed by atoms with van der Waals surface area (Å²) < 4.78 is 0. The zero-order valence-corrected chi connectivity index (χ0v) is 13.1. The molecule has 22 heavy (non-hydrogen) atoms. The number of aromatic nitrogens is 1. The van der Waals surface area contributed by atoms with Crippen LogP contribution in [-0.2, 0) is 17.8 Å². The van der Waals surface area contributed by atoms with Crippen molar-refractivity contribution in [2.45, 2.75) is 39.2 Å². The van der Waals surface area contributed by atoms with Crippen molar-refractivity contribution in [3.63, 3.8) is 0 Å². The molecule has 2 heterocycles. The maximum absolute atomic E-state index is 12.8. The highest BCUT2D eigenvalue weighted by molar-refractivity contribution is 5.87. The lowest BCUT2D eigenvalue weighted by Gasteiger charge is -2.31. The summed E-state index contributed by atoms with van der Waals surface area (Å²) in [6.45, 7) is 3.73. The number of aromatic amines is 1. The summed E-state index contributed by atoms with van der Waals surface area (Å²) in [6.07, 6.45) is 8.26. The van der Waals surface area contributed by atoms with Gasteiger partial charge in [-0.3, -0.25) is 4.79 Å². The molecule has 1 aromatic carbocycles. The monoisotopic (exact) mass is 294 g/mol. The number of aryl methyl sites for hydroxylation is 1. The van der Waals surface area contributed by atoms with Crippen LogP contribution in [0.5, 0.6) is 0 Å². The highest BCUT2D eigenvalue weighted by Gasteiger charge is 2.28. The Balaban J connectivity index is 1.63. The molecular formula is C19H22N2O. The minimum absolute atomic E-state index is 0.193. The van der Waals surface area contributed by atoms with Gasteiger partial charge in [-0.2, -0.15) is 0 Å². The Morgan fingerprint density at radius 1 is 1.32 bits per heavy atom. The third kappa shape index (κ3) is 2.25. The predicted octanol–water partition coefficient (Wildman–Crippen LogP) is 3.72. The van der Waals surface area contributed by atoms with Gasteiger partial charge in [0.2, 0.25) is 5.91 Å². The molecule has 0 spiro atoms. The first-order valence-electron chi connectivity index (χ1n) is 8.26. The Bertz CT molecular complexity index is 756. The Morgan fingerprint density at radius 2 is 2.23 bits per heavy atom. The Labute approximate surface area is 131 Å². The molecule has 0 saturated heterocycles. The van der Waals surface area contributed by atoms with Crippen molar-refractivity contribution < 1.29 is 4.79 Å². The number of benzene rings is 1. The summed E-state index contributed by atoms with van der Waals surface area (Å²) in [7, 11) is 0. The van der Waals surface area contributed by atoms with E-state index in [4.69, 9.17) is 0 Å². The summed E-state index contributed by atoms with van der Waals surface area (Å²) in [4.78, 5) is 18.4. The lowest BCUT2D eigenvalue weighted by Crippen LogP contribution is -2.39. The molecule has 2 aliphatic rings. The number of H-pyrrole nitrogens is 1. The van der Waals surface area contributed by atoms with Gasteiger partial charge in [0.05, 0.1) is 0 Å². The van der Waals surface area contributed by atoms with Gasteiger partial charge in [-0.05, 0) is 38.3 Å². The van der Waals surface area contributed by atoms with Gasteiger partial charge in [0.1, 0.15) is 0 Å². The molecule has 0 radical (unpaired) electrons. The number of rotatable bonds is 1. The quantitative estimate of drug-likeness (QED) is 0.800. The van der Waals surface area contributed by atoms with E-state index in [2.05, 4.69) is 47.2 Å². The second-order valence-corrected chi connectivity index (χ2v) is 6.62. The molecule has 3 heteroatoms. The number of nitrogens with zero attached hydrogens (tertiary/aromatic N) is 1. The van der Waals surface area contributed by atoms with E-state index in [1.807, 2.05) is 0 Å². The first-order chi connectivity index (χ1) is 10.7. The van der Waals surface area contributed by atoms with E-state index in [0.717, 1.165) is 38.8 Å². The predicted molar refractivity (Wildman–Crippen MR) is 88.6 cm³/mol. The number of fused-ring (bicyclic) bond motifs is 3. The van der Waals surface area contributed by atoms with Crippen molar-refractivity contribution >= 4 is 16.8 Å². The maximum Gasteiger partial charge on any atom is 0.226 e. The van der Waals surface area contributed by atoms with Crippen LogP contribution in [0.1, 0.15) is 36.1 Å². The van der Waals surface area contributed by atoms with E-state index in [1.54, 1.807) is 0 Å². The van der Waals surface area contributed by atoms with Gasteiger partial charge < -0.3 is 9.88 Å². The zero-order chi connectivity index (χ0) is 15.1. The third-order valence-electron chi connectivity index (χ3n) is 5.06. The molecule has 4 rings (SSSR count). The lowest BCUT2D eigenvalue weighted by atomic mass is 9.92. The van der Waals surface area contributed by atoms with Crippen LogP contribution in [0.15, 0.2) is 30.4 Å². The van der Waals surface area contributed by atoms with Crippen molar-refractivity contribution in [1.82, 2.24) is 9.88 Å². The Hall–Kier alpha value is -2.03. The largest absolute Gasteiger partial charge is 0.358 e. The average molecular weight is 294 g/mol. The van der Waals surface area contributed by atoms with E-state index in [1.165, 1.54) is 27.7 Å². The molecule has 114 valence electrons. The third-order valence-corrected chi connectivity index (χ3v) is 5.06. The van der Waals surface area contributed by atoms with Crippen LogP contribution in [0, 0.1) is 12.8 Å². The smallest absolute Gasteiger partial charge is 0.226 e. The van der Waals surface area contributed by atoms with Crippen LogP contribution in [0.3, 0.4) is 0 Å². The standard InChI is InChI=1S/C19H22N2O/c1-13-7-8-17-15(11-13)16-12-21(10-9-18(16)20-17)19(22)14-5-3-2-4-6-14/h2-3,7-8,11,14,20H,4-6,9-10,12H2,1H3/t14-/m0/s1. The summed E-state index contributed by atoms with van der Waals surface area (Å²) >= 11 is 0. The second-order valence-electron chi connectivity index (χ2n) is 6.62. The molecule has 0 unspecified atom stereocenters. The second kappa shape index (κ2) is 5.31. The van der Waals surface area contributed by atoms with E-state index in [9.17, 15) is 4.79 Å². The number of hydrogen-bond donors (Lipinski definition) is 1. The van der Waals surface area contributed by atoms with Gasteiger partial charge in [-0.15, -0.1) is 0 Å². The summed E-state index contributed by atoms with van der Waals surface area (Å²) in [5.41, 5.74) is 5.11. The van der Waals surface area contributed by atoms with Crippen molar-refractivity contribution in [2.24, 2.45) is 5.92 Å². The summed E-state index contributed by atoms with van der Waals surface area (Å²) in [6, 6.07) is 6.53. The molecule has 1 atom stereocenters. The van der Waals surface area contributed by atoms with Gasteiger partial charge in [-0.1, -0.05) is 23.8 Å². The van der Waals surface area contributed by atoms with Crippen LogP contribution >= 0.6 is 0 Å². The number of amides is 1. The lowest BCUT2D eigenvalue weighted by molar-refractivity contribution is -0.136. The van der Waals surface area contributed by atoms with E-state index >= 15 is 0 Å². The highest BCUT2D eigenvalue weighted by Crippen LogP contribution is 2.30. The molecule has 1 aromatic heterocycles. The van der Waals surface area contributed by atoms with Crippen LogP contribution in [0.25, 0.3) is 10.9 Å². The van der Waals surface area contributed by atoms with Crippen molar-refractivity contribution in [2.75, 3.05) is 6.54 Å².